The van der Waals surface area contributed by atoms with Gasteiger partial charge in [-0.05, 0) is 35.4 Å². The molecule has 4 aliphatic heterocycles. The van der Waals surface area contributed by atoms with Crippen molar-refractivity contribution in [1.29, 1.82) is 0 Å². The zero-order valence-corrected chi connectivity index (χ0v) is 26.9. The first-order chi connectivity index (χ1) is 20.6. The summed E-state index contributed by atoms with van der Waals surface area (Å²) in [5, 5.41) is 13.7. The van der Waals surface area contributed by atoms with Crippen LogP contribution in [0, 0.1) is 10.1 Å². The molecule has 4 atom stereocenters. The number of amides is 2. The van der Waals surface area contributed by atoms with Gasteiger partial charge in [0.15, 0.2) is 0 Å². The lowest BCUT2D eigenvalue weighted by Gasteiger charge is -2.39. The highest BCUT2D eigenvalue weighted by molar-refractivity contribution is 9.10. The Kier molecular flexibility index (Phi) is 9.48. The number of alkyl halides is 2. The number of esters is 2. The minimum Gasteiger partial charge on any atom is -0.497 e. The van der Waals surface area contributed by atoms with E-state index in [2.05, 4.69) is 31.9 Å². The van der Waals surface area contributed by atoms with E-state index in [1.807, 2.05) is 12.1 Å². The first kappa shape index (κ1) is 31.1. The van der Waals surface area contributed by atoms with Crippen molar-refractivity contribution < 1.29 is 38.3 Å². The van der Waals surface area contributed by atoms with Gasteiger partial charge in [0.25, 0.3) is 5.69 Å². The lowest BCUT2D eigenvalue weighted by Crippen LogP contribution is -2.58. The first-order valence-electron chi connectivity index (χ1n) is 12.5. The molecule has 6 rings (SSSR count). The Hall–Kier alpha value is -3.34. The molecule has 0 N–H and O–H groups in total. The summed E-state index contributed by atoms with van der Waals surface area (Å²) in [7, 11) is 1.59. The monoisotopic (exact) mass is 753 g/mol. The number of hydrogen-bond donors (Lipinski definition) is 0. The van der Waals surface area contributed by atoms with Gasteiger partial charge in [-0.3, -0.25) is 29.5 Å². The molecule has 2 amide bonds. The van der Waals surface area contributed by atoms with E-state index in [-0.39, 0.29) is 56.8 Å². The van der Waals surface area contributed by atoms with Crippen molar-refractivity contribution in [3.63, 3.8) is 0 Å². The number of carbonyl (C=O) groups excluding carboxylic acids is 4. The smallest absolute Gasteiger partial charge is 0.355 e. The molecule has 16 heteroatoms. The zero-order chi connectivity index (χ0) is 30.8. The molecule has 2 saturated heterocycles. The van der Waals surface area contributed by atoms with Crippen LogP contribution < -0.4 is 4.74 Å². The third-order valence-corrected chi connectivity index (χ3v) is 11.3. The molecule has 2 fully saturated rings. The predicted molar refractivity (Wildman–Crippen MR) is 164 cm³/mol. The lowest BCUT2D eigenvalue weighted by molar-refractivity contribution is -0.384. The summed E-state index contributed by atoms with van der Waals surface area (Å²) in [6, 6.07) is 13.0. The van der Waals surface area contributed by atoms with Gasteiger partial charge in [-0.25, -0.2) is 9.59 Å². The summed E-state index contributed by atoms with van der Waals surface area (Å²) < 4.78 is 15.5. The number of methoxy groups -OCH3 is 1. The van der Waals surface area contributed by atoms with Crippen LogP contribution in [-0.2, 0) is 41.9 Å². The van der Waals surface area contributed by atoms with Gasteiger partial charge in [0.05, 0.1) is 12.0 Å². The number of non-ortho nitro benzene ring substituents is 1. The van der Waals surface area contributed by atoms with Crippen LogP contribution in [0.2, 0.25) is 0 Å². The average molecular weight is 755 g/mol. The molecule has 12 nitrogen and oxygen atoms in total. The van der Waals surface area contributed by atoms with Crippen molar-refractivity contribution in [2.75, 3.05) is 7.11 Å². The van der Waals surface area contributed by atoms with E-state index in [9.17, 15) is 29.3 Å². The van der Waals surface area contributed by atoms with Crippen LogP contribution in [-0.4, -0.2) is 66.0 Å². The standard InChI is InChI=1S/C14H12BrNO4S.C13H9BrN2O5S/c1-19-9-4-2-8(3-5-9)6-20-14(18)10-7-21-13-11(15)12(17)16(10)13;14-10-11(17)15-9(6-22-12(10)15)13(18)21-5-7-1-3-8(4-2-7)16(19)20/h2-5,7,11,13H,6H2,1H3;1-4,6,10,12H,5H2/t11-,13+;10-,12+/m00/s1. The van der Waals surface area contributed by atoms with Crippen molar-refractivity contribution in [2.24, 2.45) is 0 Å². The van der Waals surface area contributed by atoms with Crippen molar-refractivity contribution in [1.82, 2.24) is 9.80 Å². The third-order valence-electron chi connectivity index (χ3n) is 6.58. The molecule has 4 aliphatic rings. The van der Waals surface area contributed by atoms with E-state index in [0.29, 0.717) is 11.3 Å². The van der Waals surface area contributed by atoms with E-state index in [1.165, 1.54) is 57.6 Å². The maximum absolute atomic E-state index is 12.0. The first-order valence-corrected chi connectivity index (χ1v) is 16.2. The van der Waals surface area contributed by atoms with Crippen molar-refractivity contribution in [2.45, 2.75) is 33.6 Å². The minimum atomic E-state index is -0.582. The topological polar surface area (TPSA) is 146 Å². The maximum Gasteiger partial charge on any atom is 0.355 e. The quantitative estimate of drug-likeness (QED) is 0.124. The van der Waals surface area contributed by atoms with E-state index < -0.39 is 16.9 Å². The number of hydrogen-bond acceptors (Lipinski definition) is 11. The van der Waals surface area contributed by atoms with Crippen LogP contribution in [0.3, 0.4) is 0 Å². The summed E-state index contributed by atoms with van der Waals surface area (Å²) in [6.45, 7) is 0.151. The molecular formula is C27H21Br2N3O9S2. The third kappa shape index (κ3) is 6.32. The number of nitro groups is 1. The van der Waals surface area contributed by atoms with E-state index in [4.69, 9.17) is 14.2 Å². The highest BCUT2D eigenvalue weighted by Crippen LogP contribution is 2.45. The van der Waals surface area contributed by atoms with Gasteiger partial charge in [-0.15, -0.1) is 23.5 Å². The fourth-order valence-corrected chi connectivity index (χ4v) is 7.99. The van der Waals surface area contributed by atoms with E-state index >= 15 is 0 Å². The molecular weight excluding hydrogens is 734 g/mol. The molecule has 0 spiro atoms. The van der Waals surface area contributed by atoms with Gasteiger partial charge < -0.3 is 14.2 Å². The Morgan fingerprint density at radius 3 is 1.63 bits per heavy atom. The minimum absolute atomic E-state index is 0.0106. The Balaban J connectivity index is 0.000000171. The molecule has 0 saturated carbocycles. The molecule has 0 aliphatic carbocycles. The number of benzene rings is 2. The van der Waals surface area contributed by atoms with Gasteiger partial charge >= 0.3 is 11.9 Å². The summed E-state index contributed by atoms with van der Waals surface area (Å²) in [6.07, 6.45) is 0. The van der Waals surface area contributed by atoms with Crippen LogP contribution in [0.1, 0.15) is 11.1 Å². The number of fused-ring (bicyclic) bond motifs is 2. The Morgan fingerprint density at radius 2 is 1.23 bits per heavy atom. The van der Waals surface area contributed by atoms with Crippen molar-refractivity contribution >= 4 is 84.8 Å². The second-order valence-corrected chi connectivity index (χ2v) is 13.2. The number of thioether (sulfide) groups is 2. The molecule has 4 heterocycles. The predicted octanol–water partition coefficient (Wildman–Crippen LogP) is 4.42. The number of β-lactam (4-membered cyclic amide) rings is 2. The van der Waals surface area contributed by atoms with Gasteiger partial charge in [0.1, 0.15) is 50.8 Å². The van der Waals surface area contributed by atoms with Crippen LogP contribution in [0.4, 0.5) is 5.69 Å². The number of nitrogens with zero attached hydrogens (tertiary/aromatic N) is 3. The van der Waals surface area contributed by atoms with Crippen LogP contribution in [0.15, 0.2) is 70.7 Å². The van der Waals surface area contributed by atoms with Crippen LogP contribution in [0.25, 0.3) is 0 Å². The molecule has 0 unspecified atom stereocenters. The SMILES string of the molecule is COc1ccc(COC(=O)C2=CS[C@@H]3[C@@H](Br)C(=O)N23)cc1.O=C(OCc1ccc([N+](=O)[O-])cc1)C1=CS[C@@H]2[C@@H](Br)C(=O)N12. The Morgan fingerprint density at radius 1 is 0.814 bits per heavy atom. The largest absolute Gasteiger partial charge is 0.497 e. The van der Waals surface area contributed by atoms with E-state index in [0.717, 1.165) is 11.3 Å². The average Bonchev–Trinajstić information content (AvgIpc) is 3.64. The highest BCUT2D eigenvalue weighted by Gasteiger charge is 2.53. The van der Waals surface area contributed by atoms with Gasteiger partial charge in [0, 0.05) is 22.9 Å². The molecule has 2 aromatic carbocycles. The van der Waals surface area contributed by atoms with Gasteiger partial charge in [-0.2, -0.15) is 0 Å². The molecule has 2 aromatic rings. The molecule has 0 radical (unpaired) electrons. The normalized spacial score (nSPS) is 23.0. The van der Waals surface area contributed by atoms with Gasteiger partial charge in [-0.1, -0.05) is 44.0 Å². The summed E-state index contributed by atoms with van der Waals surface area (Å²) in [5.41, 5.74) is 2.02. The Labute approximate surface area is 270 Å². The van der Waals surface area contributed by atoms with Crippen molar-refractivity contribution in [3.05, 3.63) is 92.0 Å². The van der Waals surface area contributed by atoms with Gasteiger partial charge in [0.2, 0.25) is 11.8 Å². The van der Waals surface area contributed by atoms with Crippen LogP contribution in [0.5, 0.6) is 5.75 Å². The fourth-order valence-electron chi connectivity index (χ4n) is 4.19. The highest BCUT2D eigenvalue weighted by atomic mass is 79.9. The molecule has 43 heavy (non-hydrogen) atoms. The molecule has 224 valence electrons. The number of halogens is 2. The zero-order valence-electron chi connectivity index (χ0n) is 22.1. The second-order valence-electron chi connectivity index (χ2n) is 9.20. The maximum atomic E-state index is 12.0. The summed E-state index contributed by atoms with van der Waals surface area (Å²) >= 11 is 9.37. The number of ether oxygens (including phenoxy) is 3. The number of carbonyl (C=O) groups is 4. The fraction of sp³-hybridized carbons (Fsp3) is 0.259. The number of rotatable bonds is 8. The Bertz CT molecular complexity index is 1540. The molecule has 0 bridgehead atoms. The summed E-state index contributed by atoms with van der Waals surface area (Å²) in [4.78, 5) is 59.9. The molecule has 0 aromatic heterocycles. The summed E-state index contributed by atoms with van der Waals surface area (Å²) in [5.74, 6) is -0.571. The van der Waals surface area contributed by atoms with Crippen molar-refractivity contribution in [3.8, 4) is 5.75 Å². The van der Waals surface area contributed by atoms with E-state index in [1.54, 1.807) is 30.1 Å². The number of nitro benzene ring substituents is 1. The van der Waals surface area contributed by atoms with Crippen LogP contribution >= 0.6 is 55.4 Å². The lowest BCUT2D eigenvalue weighted by atomic mass is 10.2. The second kappa shape index (κ2) is 13.1.